The van der Waals surface area contributed by atoms with Crippen LogP contribution in [0, 0.1) is 5.41 Å². The van der Waals surface area contributed by atoms with Gasteiger partial charge in [-0.3, -0.25) is 0 Å². The van der Waals surface area contributed by atoms with Gasteiger partial charge in [0.05, 0.1) is 0 Å². The van der Waals surface area contributed by atoms with Gasteiger partial charge >= 0.3 is 0 Å². The van der Waals surface area contributed by atoms with Crippen molar-refractivity contribution in [3.63, 3.8) is 0 Å². The third kappa shape index (κ3) is 2.04. The van der Waals surface area contributed by atoms with Gasteiger partial charge in [-0.15, -0.1) is 6.58 Å². The van der Waals surface area contributed by atoms with Crippen molar-refractivity contribution >= 4 is 5.71 Å². The monoisotopic (exact) mass is 145 g/mol. The highest BCUT2D eigenvalue weighted by Crippen LogP contribution is 2.02. The van der Waals surface area contributed by atoms with E-state index in [1.54, 1.807) is 6.08 Å². The lowest BCUT2D eigenvalue weighted by Crippen LogP contribution is -1.95. The van der Waals surface area contributed by atoms with Crippen molar-refractivity contribution in [1.29, 1.82) is 5.41 Å². The quantitative estimate of drug-likeness (QED) is 0.499. The molecular weight excluding hydrogens is 134 g/mol. The molecule has 0 bridgehead atoms. The molecule has 1 rings (SSSR count). The number of nitrogens with one attached hydrogen (secondary N) is 1. The molecule has 56 valence electrons. The van der Waals surface area contributed by atoms with Crippen LogP contribution in [0.3, 0.4) is 0 Å². The first-order valence-electron chi connectivity index (χ1n) is 3.58. The summed E-state index contributed by atoms with van der Waals surface area (Å²) in [6.07, 6.45) is 2.39. The summed E-state index contributed by atoms with van der Waals surface area (Å²) >= 11 is 0. The van der Waals surface area contributed by atoms with Crippen molar-refractivity contribution in [3.05, 3.63) is 48.6 Å². The fourth-order valence-corrected chi connectivity index (χ4v) is 0.902. The lowest BCUT2D eigenvalue weighted by molar-refractivity contribution is 1.36. The lowest BCUT2D eigenvalue weighted by Gasteiger charge is -1.98. The molecule has 0 aliphatic rings. The number of rotatable bonds is 3. The van der Waals surface area contributed by atoms with Gasteiger partial charge in [-0.05, 0) is 5.56 Å². The Morgan fingerprint density at radius 2 is 2.00 bits per heavy atom. The number of hydrogen-bond acceptors (Lipinski definition) is 1. The maximum atomic E-state index is 7.56. The van der Waals surface area contributed by atoms with Crippen LogP contribution < -0.4 is 0 Å². The zero-order valence-electron chi connectivity index (χ0n) is 6.38. The largest absolute Gasteiger partial charge is 0.304 e. The molecule has 0 spiro atoms. The predicted octanol–water partition coefficient (Wildman–Crippen LogP) is 2.63. The molecule has 0 aliphatic carbocycles. The number of hydrogen-bond donors (Lipinski definition) is 1. The van der Waals surface area contributed by atoms with Crippen molar-refractivity contribution in [2.45, 2.75) is 6.42 Å². The predicted molar refractivity (Wildman–Crippen MR) is 48.1 cm³/mol. The summed E-state index contributed by atoms with van der Waals surface area (Å²) in [5.41, 5.74) is 1.60. The first kappa shape index (κ1) is 7.73. The Kier molecular flexibility index (Phi) is 2.61. The van der Waals surface area contributed by atoms with Crippen LogP contribution in [-0.4, -0.2) is 5.71 Å². The zero-order chi connectivity index (χ0) is 8.10. The minimum Gasteiger partial charge on any atom is -0.304 e. The van der Waals surface area contributed by atoms with Crippen LogP contribution in [0.25, 0.3) is 0 Å². The maximum Gasteiger partial charge on any atom is 0.0423 e. The third-order valence-electron chi connectivity index (χ3n) is 1.47. The second kappa shape index (κ2) is 3.71. The average molecular weight is 145 g/mol. The molecule has 0 fully saturated rings. The molecule has 1 nitrogen and oxygen atoms in total. The fraction of sp³-hybridized carbons (Fsp3) is 0.100. The molecule has 0 aromatic heterocycles. The summed E-state index contributed by atoms with van der Waals surface area (Å²) in [6.45, 7) is 3.59. The Bertz CT molecular complexity index is 249. The highest BCUT2D eigenvalue weighted by molar-refractivity contribution is 5.98. The van der Waals surface area contributed by atoms with Gasteiger partial charge < -0.3 is 5.41 Å². The van der Waals surface area contributed by atoms with E-state index in [9.17, 15) is 0 Å². The average Bonchev–Trinajstić information content (AvgIpc) is 2.07. The van der Waals surface area contributed by atoms with Crippen LogP contribution in [-0.2, 0) is 0 Å². The topological polar surface area (TPSA) is 23.9 Å². The van der Waals surface area contributed by atoms with Crippen LogP contribution in [0.2, 0.25) is 0 Å². The van der Waals surface area contributed by atoms with Gasteiger partial charge in [-0.1, -0.05) is 36.4 Å². The van der Waals surface area contributed by atoms with Crippen molar-refractivity contribution in [3.8, 4) is 0 Å². The molecule has 0 aliphatic heterocycles. The molecule has 0 heterocycles. The summed E-state index contributed by atoms with van der Waals surface area (Å²) in [5, 5.41) is 7.56. The van der Waals surface area contributed by atoms with Crippen molar-refractivity contribution in [1.82, 2.24) is 0 Å². The second-order valence-corrected chi connectivity index (χ2v) is 2.34. The minimum atomic E-state index is 0.626. The Morgan fingerprint density at radius 3 is 2.55 bits per heavy atom. The van der Waals surface area contributed by atoms with E-state index in [1.807, 2.05) is 30.3 Å². The third-order valence-corrected chi connectivity index (χ3v) is 1.47. The Labute approximate surface area is 66.9 Å². The normalized spacial score (nSPS) is 9.09. The highest BCUT2D eigenvalue weighted by Gasteiger charge is 1.95. The van der Waals surface area contributed by atoms with Crippen LogP contribution in [0.4, 0.5) is 0 Å². The van der Waals surface area contributed by atoms with E-state index in [-0.39, 0.29) is 0 Å². The molecule has 1 heteroatoms. The first-order valence-corrected chi connectivity index (χ1v) is 3.58. The van der Waals surface area contributed by atoms with Crippen LogP contribution in [0.5, 0.6) is 0 Å². The molecule has 1 aromatic carbocycles. The molecule has 11 heavy (non-hydrogen) atoms. The molecule has 0 saturated heterocycles. The number of benzene rings is 1. The van der Waals surface area contributed by atoms with E-state index in [2.05, 4.69) is 6.58 Å². The first-order chi connectivity index (χ1) is 5.34. The summed E-state index contributed by atoms with van der Waals surface area (Å²) in [5.74, 6) is 0. The van der Waals surface area contributed by atoms with Crippen molar-refractivity contribution in [2.75, 3.05) is 0 Å². The summed E-state index contributed by atoms with van der Waals surface area (Å²) in [7, 11) is 0. The molecule has 0 atom stereocenters. The Balaban J connectivity index is 2.77. The second-order valence-electron chi connectivity index (χ2n) is 2.34. The fourth-order valence-electron chi connectivity index (χ4n) is 0.902. The zero-order valence-corrected chi connectivity index (χ0v) is 6.38. The van der Waals surface area contributed by atoms with Gasteiger partial charge in [0.15, 0.2) is 0 Å². The van der Waals surface area contributed by atoms with E-state index < -0.39 is 0 Å². The summed E-state index contributed by atoms with van der Waals surface area (Å²) in [4.78, 5) is 0. The summed E-state index contributed by atoms with van der Waals surface area (Å²) < 4.78 is 0. The lowest BCUT2D eigenvalue weighted by atomic mass is 10.1. The van der Waals surface area contributed by atoms with Gasteiger partial charge in [0.1, 0.15) is 0 Å². The standard InChI is InChI=1S/C10H11N/c1-2-6-10(11)9-7-4-3-5-8-9/h2-5,7-8,11H,1,6H2. The molecular formula is C10H11N. The van der Waals surface area contributed by atoms with E-state index >= 15 is 0 Å². The molecule has 0 radical (unpaired) electrons. The van der Waals surface area contributed by atoms with Gasteiger partial charge in [0.2, 0.25) is 0 Å². The van der Waals surface area contributed by atoms with E-state index in [4.69, 9.17) is 5.41 Å². The highest BCUT2D eigenvalue weighted by atomic mass is 14.4. The number of allylic oxidation sites excluding steroid dienone is 1. The van der Waals surface area contributed by atoms with E-state index in [0.717, 1.165) is 5.56 Å². The van der Waals surface area contributed by atoms with E-state index in [1.165, 1.54) is 0 Å². The van der Waals surface area contributed by atoms with Crippen LogP contribution in [0.15, 0.2) is 43.0 Å². The SMILES string of the molecule is C=CCC(=N)c1ccccc1. The molecule has 1 N–H and O–H groups in total. The van der Waals surface area contributed by atoms with Crippen molar-refractivity contribution < 1.29 is 0 Å². The molecule has 0 unspecified atom stereocenters. The molecule has 1 aromatic rings. The van der Waals surface area contributed by atoms with Gasteiger partial charge in [-0.2, -0.15) is 0 Å². The molecule has 0 amide bonds. The minimum absolute atomic E-state index is 0.626. The Hall–Kier alpha value is -1.37. The smallest absolute Gasteiger partial charge is 0.0423 e. The van der Waals surface area contributed by atoms with Gasteiger partial charge in [0, 0.05) is 12.1 Å². The molecule has 0 saturated carbocycles. The van der Waals surface area contributed by atoms with Crippen LogP contribution >= 0.6 is 0 Å². The van der Waals surface area contributed by atoms with E-state index in [0.29, 0.717) is 12.1 Å². The van der Waals surface area contributed by atoms with Crippen molar-refractivity contribution in [2.24, 2.45) is 0 Å². The summed E-state index contributed by atoms with van der Waals surface area (Å²) in [6, 6.07) is 9.70. The van der Waals surface area contributed by atoms with Crippen LogP contribution in [0.1, 0.15) is 12.0 Å². The maximum absolute atomic E-state index is 7.56. The van der Waals surface area contributed by atoms with Gasteiger partial charge in [0.25, 0.3) is 0 Å². The Morgan fingerprint density at radius 1 is 1.36 bits per heavy atom. The van der Waals surface area contributed by atoms with Gasteiger partial charge in [-0.25, -0.2) is 0 Å².